The minimum atomic E-state index is 0.499. The van der Waals surface area contributed by atoms with Crippen molar-refractivity contribution < 1.29 is 0 Å². The van der Waals surface area contributed by atoms with E-state index in [1.807, 2.05) is 12.3 Å². The summed E-state index contributed by atoms with van der Waals surface area (Å²) in [5.41, 5.74) is 6.91. The van der Waals surface area contributed by atoms with Gasteiger partial charge in [0.15, 0.2) is 5.82 Å². The van der Waals surface area contributed by atoms with Crippen LogP contribution in [-0.2, 0) is 6.42 Å². The lowest BCUT2D eigenvalue weighted by Gasteiger charge is -2.02. The summed E-state index contributed by atoms with van der Waals surface area (Å²) in [7, 11) is 0. The van der Waals surface area contributed by atoms with Gasteiger partial charge in [-0.2, -0.15) is 0 Å². The Labute approximate surface area is 98.3 Å². The molecular weight excluding hydrogens is 220 g/mol. The first kappa shape index (κ1) is 10.9. The lowest BCUT2D eigenvalue weighted by atomic mass is 10.2. The third-order valence-corrected chi connectivity index (χ3v) is 3.04. The maximum absolute atomic E-state index is 5.69. The fourth-order valence-electron chi connectivity index (χ4n) is 1.26. The van der Waals surface area contributed by atoms with Crippen LogP contribution in [0, 0.1) is 0 Å². The number of nitrogens with two attached hydrogens (primary N) is 1. The van der Waals surface area contributed by atoms with Gasteiger partial charge in [-0.3, -0.25) is 4.98 Å². The second-order valence-corrected chi connectivity index (χ2v) is 4.29. The highest BCUT2D eigenvalue weighted by molar-refractivity contribution is 7.99. The molecule has 2 aromatic rings. The van der Waals surface area contributed by atoms with Crippen LogP contribution in [0.15, 0.2) is 41.9 Å². The van der Waals surface area contributed by atoms with Crippen LogP contribution in [0.2, 0.25) is 0 Å². The van der Waals surface area contributed by atoms with E-state index < -0.39 is 0 Å². The topological polar surface area (TPSA) is 64.7 Å². The first-order valence-electron chi connectivity index (χ1n) is 4.94. The number of anilines is 1. The van der Waals surface area contributed by atoms with E-state index in [9.17, 15) is 0 Å². The quantitative estimate of drug-likeness (QED) is 0.814. The van der Waals surface area contributed by atoms with Gasteiger partial charge in [-0.1, -0.05) is 6.07 Å². The average Bonchev–Trinajstić information content (AvgIpc) is 2.33. The molecule has 82 valence electrons. The van der Waals surface area contributed by atoms with Crippen LogP contribution >= 0.6 is 11.8 Å². The SMILES string of the molecule is Nc1nccnc1SCCc1cccnc1. The molecule has 2 rings (SSSR count). The summed E-state index contributed by atoms with van der Waals surface area (Å²) in [5.74, 6) is 1.42. The Kier molecular flexibility index (Phi) is 3.71. The molecule has 0 saturated heterocycles. The van der Waals surface area contributed by atoms with Crippen molar-refractivity contribution in [1.82, 2.24) is 15.0 Å². The largest absolute Gasteiger partial charge is 0.381 e. The molecule has 0 atom stereocenters. The van der Waals surface area contributed by atoms with Crippen molar-refractivity contribution in [2.24, 2.45) is 0 Å². The van der Waals surface area contributed by atoms with Crippen LogP contribution in [-0.4, -0.2) is 20.7 Å². The molecule has 0 unspecified atom stereocenters. The Morgan fingerprint density at radius 2 is 2.06 bits per heavy atom. The van der Waals surface area contributed by atoms with Gasteiger partial charge < -0.3 is 5.73 Å². The predicted molar refractivity (Wildman–Crippen MR) is 65.1 cm³/mol. The molecule has 4 nitrogen and oxygen atoms in total. The lowest BCUT2D eigenvalue weighted by Crippen LogP contribution is -1.96. The van der Waals surface area contributed by atoms with E-state index in [4.69, 9.17) is 5.73 Å². The number of aromatic nitrogens is 3. The van der Waals surface area contributed by atoms with Gasteiger partial charge >= 0.3 is 0 Å². The van der Waals surface area contributed by atoms with Crippen molar-refractivity contribution in [3.05, 3.63) is 42.5 Å². The van der Waals surface area contributed by atoms with Gasteiger partial charge in [-0.15, -0.1) is 11.8 Å². The van der Waals surface area contributed by atoms with E-state index in [0.29, 0.717) is 5.82 Å². The number of nitrogens with zero attached hydrogens (tertiary/aromatic N) is 3. The minimum Gasteiger partial charge on any atom is -0.381 e. The molecule has 0 saturated carbocycles. The highest BCUT2D eigenvalue weighted by Gasteiger charge is 2.01. The molecule has 2 N–H and O–H groups in total. The van der Waals surface area contributed by atoms with Crippen LogP contribution in [0.4, 0.5) is 5.82 Å². The molecule has 2 heterocycles. The monoisotopic (exact) mass is 232 g/mol. The molecule has 16 heavy (non-hydrogen) atoms. The van der Waals surface area contributed by atoms with Gasteiger partial charge in [-0.05, 0) is 18.1 Å². The summed E-state index contributed by atoms with van der Waals surface area (Å²) in [6.07, 6.45) is 7.86. The third kappa shape index (κ3) is 2.93. The Bertz CT molecular complexity index is 447. The molecule has 0 amide bonds. The van der Waals surface area contributed by atoms with Crippen molar-refractivity contribution in [2.45, 2.75) is 11.4 Å². The second kappa shape index (κ2) is 5.46. The van der Waals surface area contributed by atoms with E-state index in [1.54, 1.807) is 30.4 Å². The highest BCUT2D eigenvalue weighted by Crippen LogP contribution is 2.20. The first-order chi connectivity index (χ1) is 7.86. The Morgan fingerprint density at radius 1 is 1.19 bits per heavy atom. The van der Waals surface area contributed by atoms with Crippen molar-refractivity contribution in [3.8, 4) is 0 Å². The molecule has 2 aromatic heterocycles. The Morgan fingerprint density at radius 3 is 2.81 bits per heavy atom. The lowest BCUT2D eigenvalue weighted by molar-refractivity contribution is 1.06. The molecule has 0 aliphatic rings. The fraction of sp³-hybridized carbons (Fsp3) is 0.182. The van der Waals surface area contributed by atoms with E-state index in [0.717, 1.165) is 17.2 Å². The van der Waals surface area contributed by atoms with Crippen molar-refractivity contribution >= 4 is 17.6 Å². The van der Waals surface area contributed by atoms with E-state index in [1.165, 1.54) is 5.56 Å². The normalized spacial score (nSPS) is 10.2. The Hall–Kier alpha value is -1.62. The molecule has 0 bridgehead atoms. The number of pyridine rings is 1. The molecule has 0 spiro atoms. The molecule has 0 aliphatic carbocycles. The molecule has 0 fully saturated rings. The Balaban J connectivity index is 1.87. The number of hydrogen-bond donors (Lipinski definition) is 1. The zero-order valence-electron chi connectivity index (χ0n) is 8.71. The minimum absolute atomic E-state index is 0.499. The maximum Gasteiger partial charge on any atom is 0.156 e. The van der Waals surface area contributed by atoms with Crippen LogP contribution in [0.25, 0.3) is 0 Å². The summed E-state index contributed by atoms with van der Waals surface area (Å²) in [6.45, 7) is 0. The summed E-state index contributed by atoms with van der Waals surface area (Å²) in [4.78, 5) is 12.2. The van der Waals surface area contributed by atoms with Gasteiger partial charge in [0.1, 0.15) is 5.03 Å². The van der Waals surface area contributed by atoms with Gasteiger partial charge in [0.05, 0.1) is 0 Å². The van der Waals surface area contributed by atoms with Crippen LogP contribution in [0.5, 0.6) is 0 Å². The van der Waals surface area contributed by atoms with Crippen molar-refractivity contribution in [2.75, 3.05) is 11.5 Å². The zero-order valence-corrected chi connectivity index (χ0v) is 9.52. The van der Waals surface area contributed by atoms with E-state index in [2.05, 4.69) is 21.0 Å². The van der Waals surface area contributed by atoms with Gasteiger partial charge in [0.2, 0.25) is 0 Å². The van der Waals surface area contributed by atoms with Gasteiger partial charge in [0, 0.05) is 30.5 Å². The summed E-state index contributed by atoms with van der Waals surface area (Å²) in [5, 5.41) is 0.798. The van der Waals surface area contributed by atoms with Crippen LogP contribution in [0.1, 0.15) is 5.56 Å². The van der Waals surface area contributed by atoms with E-state index in [-0.39, 0.29) is 0 Å². The number of thioether (sulfide) groups is 1. The van der Waals surface area contributed by atoms with Crippen molar-refractivity contribution in [3.63, 3.8) is 0 Å². The van der Waals surface area contributed by atoms with Crippen LogP contribution < -0.4 is 5.73 Å². The number of rotatable bonds is 4. The van der Waals surface area contributed by atoms with Gasteiger partial charge in [-0.25, -0.2) is 9.97 Å². The molecular formula is C11H12N4S. The fourth-order valence-corrected chi connectivity index (χ4v) is 2.13. The predicted octanol–water partition coefficient (Wildman–Crippen LogP) is 1.79. The third-order valence-electron chi connectivity index (χ3n) is 2.04. The van der Waals surface area contributed by atoms with Crippen molar-refractivity contribution in [1.29, 1.82) is 0 Å². The second-order valence-electron chi connectivity index (χ2n) is 3.21. The molecule has 0 radical (unpaired) electrons. The molecule has 0 aromatic carbocycles. The first-order valence-corrected chi connectivity index (χ1v) is 5.93. The smallest absolute Gasteiger partial charge is 0.156 e. The number of hydrogen-bond acceptors (Lipinski definition) is 5. The molecule has 0 aliphatic heterocycles. The van der Waals surface area contributed by atoms with Gasteiger partial charge in [0.25, 0.3) is 0 Å². The standard InChI is InChI=1S/C11H12N4S/c12-10-11(15-6-5-14-10)16-7-3-9-2-1-4-13-8-9/h1-2,4-6,8H,3,7H2,(H2,12,14). The van der Waals surface area contributed by atoms with Crippen LogP contribution in [0.3, 0.4) is 0 Å². The molecule has 5 heteroatoms. The van der Waals surface area contributed by atoms with E-state index >= 15 is 0 Å². The zero-order chi connectivity index (χ0) is 11.2. The maximum atomic E-state index is 5.69. The highest BCUT2D eigenvalue weighted by atomic mass is 32.2. The summed E-state index contributed by atoms with van der Waals surface area (Å²) >= 11 is 1.62. The summed E-state index contributed by atoms with van der Waals surface area (Å²) < 4.78 is 0. The summed E-state index contributed by atoms with van der Waals surface area (Å²) in [6, 6.07) is 4.00. The number of nitrogen functional groups attached to an aromatic ring is 1. The number of aryl methyl sites for hydroxylation is 1. The average molecular weight is 232 g/mol.